The van der Waals surface area contributed by atoms with Crippen LogP contribution in [-0.4, -0.2) is 25.0 Å². The van der Waals surface area contributed by atoms with Crippen molar-refractivity contribution in [2.24, 2.45) is 0 Å². The Kier molecular flexibility index (Phi) is 7.44. The average molecular weight is 418 g/mol. The highest BCUT2D eigenvalue weighted by atomic mass is 16.5. The molecule has 0 saturated carbocycles. The Morgan fingerprint density at radius 2 is 1.52 bits per heavy atom. The monoisotopic (exact) mass is 417 g/mol. The summed E-state index contributed by atoms with van der Waals surface area (Å²) in [5.41, 5.74) is 4.49. The number of hydrogen-bond donors (Lipinski definition) is 1. The molecule has 31 heavy (non-hydrogen) atoms. The molecular weight excluding hydrogens is 390 g/mol. The van der Waals surface area contributed by atoms with Gasteiger partial charge in [-0.25, -0.2) is 4.79 Å². The number of rotatable bonds is 8. The van der Waals surface area contributed by atoms with Crippen LogP contribution in [-0.2, 0) is 22.6 Å². The van der Waals surface area contributed by atoms with Crippen molar-refractivity contribution in [1.82, 2.24) is 5.32 Å². The zero-order valence-electron chi connectivity index (χ0n) is 18.1. The molecule has 0 fully saturated rings. The largest absolute Gasteiger partial charge is 0.489 e. The summed E-state index contributed by atoms with van der Waals surface area (Å²) in [6.45, 7) is 4.35. The van der Waals surface area contributed by atoms with Gasteiger partial charge in [0, 0.05) is 12.0 Å². The number of nitrogens with one attached hydrogen (secondary N) is 1. The Morgan fingerprint density at radius 1 is 0.871 bits per heavy atom. The second kappa shape index (κ2) is 10.4. The molecule has 5 heteroatoms. The highest BCUT2D eigenvalue weighted by Gasteiger charge is 2.23. The minimum absolute atomic E-state index is 0.301. The number of methoxy groups -OCH3 is 1. The van der Waals surface area contributed by atoms with E-state index in [1.165, 1.54) is 7.11 Å². The number of carbonyl (C=O) groups is 2. The van der Waals surface area contributed by atoms with Crippen LogP contribution >= 0.6 is 0 Å². The van der Waals surface area contributed by atoms with E-state index < -0.39 is 12.0 Å². The molecule has 0 aliphatic carbocycles. The average Bonchev–Trinajstić information content (AvgIpc) is 2.77. The molecule has 0 aromatic heterocycles. The molecule has 3 aromatic carbocycles. The molecule has 1 amide bonds. The molecule has 0 bridgehead atoms. The maximum Gasteiger partial charge on any atom is 0.328 e. The normalized spacial score (nSPS) is 11.5. The molecule has 5 nitrogen and oxygen atoms in total. The third-order valence-corrected chi connectivity index (χ3v) is 4.89. The molecule has 0 spiro atoms. The minimum Gasteiger partial charge on any atom is -0.489 e. The van der Waals surface area contributed by atoms with Crippen LogP contribution in [0.1, 0.15) is 32.6 Å². The zero-order valence-corrected chi connectivity index (χ0v) is 18.1. The zero-order chi connectivity index (χ0) is 22.2. The fourth-order valence-electron chi connectivity index (χ4n) is 3.38. The van der Waals surface area contributed by atoms with Gasteiger partial charge in [-0.3, -0.25) is 4.79 Å². The lowest BCUT2D eigenvalue weighted by atomic mass is 10.0. The maximum absolute atomic E-state index is 12.7. The van der Waals surface area contributed by atoms with Crippen LogP contribution in [0.4, 0.5) is 0 Å². The van der Waals surface area contributed by atoms with E-state index in [0.29, 0.717) is 18.6 Å². The number of benzene rings is 3. The smallest absolute Gasteiger partial charge is 0.328 e. The molecule has 0 radical (unpaired) electrons. The molecule has 0 heterocycles. The van der Waals surface area contributed by atoms with E-state index in [-0.39, 0.29) is 5.91 Å². The lowest BCUT2D eigenvalue weighted by Gasteiger charge is -2.17. The minimum atomic E-state index is -0.783. The van der Waals surface area contributed by atoms with E-state index >= 15 is 0 Å². The molecule has 3 rings (SSSR count). The van der Waals surface area contributed by atoms with Crippen molar-refractivity contribution >= 4 is 11.9 Å². The summed E-state index contributed by atoms with van der Waals surface area (Å²) in [4.78, 5) is 25.0. The van der Waals surface area contributed by atoms with Crippen LogP contribution in [0.3, 0.4) is 0 Å². The number of amides is 1. The van der Waals surface area contributed by atoms with Gasteiger partial charge in [-0.1, -0.05) is 59.7 Å². The first-order chi connectivity index (χ1) is 14.9. The summed E-state index contributed by atoms with van der Waals surface area (Å²) in [6.07, 6.45) is 0.322. The van der Waals surface area contributed by atoms with Crippen molar-refractivity contribution in [3.63, 3.8) is 0 Å². The van der Waals surface area contributed by atoms with Gasteiger partial charge < -0.3 is 14.8 Å². The highest BCUT2D eigenvalue weighted by molar-refractivity contribution is 5.97. The molecule has 0 unspecified atom stereocenters. The van der Waals surface area contributed by atoms with Crippen molar-refractivity contribution in [2.75, 3.05) is 7.11 Å². The van der Waals surface area contributed by atoms with Crippen molar-refractivity contribution in [1.29, 1.82) is 0 Å². The van der Waals surface area contributed by atoms with Crippen LogP contribution in [0.25, 0.3) is 0 Å². The van der Waals surface area contributed by atoms with Gasteiger partial charge in [-0.05, 0) is 49.2 Å². The lowest BCUT2D eigenvalue weighted by Crippen LogP contribution is -2.43. The summed E-state index contributed by atoms with van der Waals surface area (Å²) in [5, 5.41) is 2.80. The third kappa shape index (κ3) is 6.44. The summed E-state index contributed by atoms with van der Waals surface area (Å²) >= 11 is 0. The van der Waals surface area contributed by atoms with Gasteiger partial charge in [0.2, 0.25) is 0 Å². The van der Waals surface area contributed by atoms with Gasteiger partial charge in [0.15, 0.2) is 0 Å². The van der Waals surface area contributed by atoms with Crippen LogP contribution in [0.5, 0.6) is 5.75 Å². The summed E-state index contributed by atoms with van der Waals surface area (Å²) in [7, 11) is 1.32. The van der Waals surface area contributed by atoms with Crippen molar-refractivity contribution in [3.8, 4) is 5.75 Å². The Bertz CT molecular complexity index is 1010. The predicted molar refractivity (Wildman–Crippen MR) is 120 cm³/mol. The maximum atomic E-state index is 12.7. The molecular formula is C26H27NO4. The summed E-state index contributed by atoms with van der Waals surface area (Å²) in [5.74, 6) is -0.0476. The molecule has 3 aromatic rings. The van der Waals surface area contributed by atoms with Crippen LogP contribution < -0.4 is 10.1 Å². The van der Waals surface area contributed by atoms with Gasteiger partial charge >= 0.3 is 5.97 Å². The highest BCUT2D eigenvalue weighted by Crippen LogP contribution is 2.16. The Balaban J connectivity index is 1.65. The SMILES string of the molecule is COC(=O)[C@@H](Cc1ccc(OCc2ccccc2)cc1)NC(=O)c1cc(C)cc(C)c1. The molecule has 0 aliphatic heterocycles. The van der Waals surface area contributed by atoms with Gasteiger partial charge in [-0.2, -0.15) is 0 Å². The van der Waals surface area contributed by atoms with Crippen molar-refractivity contribution < 1.29 is 19.1 Å². The third-order valence-electron chi connectivity index (χ3n) is 4.89. The number of hydrogen-bond acceptors (Lipinski definition) is 4. The number of ether oxygens (including phenoxy) is 2. The quantitative estimate of drug-likeness (QED) is 0.552. The summed E-state index contributed by atoms with van der Waals surface area (Å²) < 4.78 is 10.7. The number of esters is 1. The molecule has 160 valence electrons. The fraction of sp³-hybridized carbons (Fsp3) is 0.231. The summed E-state index contributed by atoms with van der Waals surface area (Å²) in [6, 6.07) is 22.2. The Hall–Kier alpha value is -3.60. The van der Waals surface area contributed by atoms with Gasteiger partial charge in [0.1, 0.15) is 18.4 Å². The van der Waals surface area contributed by atoms with Gasteiger partial charge in [0.25, 0.3) is 5.91 Å². The lowest BCUT2D eigenvalue weighted by molar-refractivity contribution is -0.142. The van der Waals surface area contributed by atoms with E-state index in [1.807, 2.05) is 74.5 Å². The van der Waals surface area contributed by atoms with E-state index in [4.69, 9.17) is 9.47 Å². The standard InChI is InChI=1S/C26H27NO4/c1-18-13-19(2)15-22(14-18)25(28)27-24(26(29)30-3)16-20-9-11-23(12-10-20)31-17-21-7-5-4-6-8-21/h4-15,24H,16-17H2,1-3H3,(H,27,28)/t24-/m1/s1. The van der Waals surface area contributed by atoms with E-state index in [9.17, 15) is 9.59 Å². The molecule has 0 aliphatic rings. The number of carbonyl (C=O) groups excluding carboxylic acids is 2. The van der Waals surface area contributed by atoms with Crippen LogP contribution in [0.15, 0.2) is 72.8 Å². The predicted octanol–water partition coefficient (Wildman–Crippen LogP) is 4.40. The first-order valence-corrected chi connectivity index (χ1v) is 10.2. The van der Waals surface area contributed by atoms with E-state index in [1.54, 1.807) is 12.1 Å². The Morgan fingerprint density at radius 3 is 2.13 bits per heavy atom. The molecule has 1 N–H and O–H groups in total. The second-order valence-corrected chi connectivity index (χ2v) is 7.55. The molecule has 1 atom stereocenters. The van der Waals surface area contributed by atoms with Crippen LogP contribution in [0, 0.1) is 13.8 Å². The second-order valence-electron chi connectivity index (χ2n) is 7.55. The van der Waals surface area contributed by atoms with E-state index in [2.05, 4.69) is 5.32 Å². The van der Waals surface area contributed by atoms with Crippen molar-refractivity contribution in [2.45, 2.75) is 32.9 Å². The fourth-order valence-corrected chi connectivity index (χ4v) is 3.38. The molecule has 0 saturated heterocycles. The van der Waals surface area contributed by atoms with E-state index in [0.717, 1.165) is 28.0 Å². The first-order valence-electron chi connectivity index (χ1n) is 10.2. The van der Waals surface area contributed by atoms with Crippen LogP contribution in [0.2, 0.25) is 0 Å². The number of aryl methyl sites for hydroxylation is 2. The Labute approximate surface area is 183 Å². The van der Waals surface area contributed by atoms with Gasteiger partial charge in [0.05, 0.1) is 7.11 Å². The topological polar surface area (TPSA) is 64.6 Å². The first kappa shape index (κ1) is 22.1. The van der Waals surface area contributed by atoms with Crippen molar-refractivity contribution in [3.05, 3.63) is 101 Å². The van der Waals surface area contributed by atoms with Gasteiger partial charge in [-0.15, -0.1) is 0 Å².